The fourth-order valence-corrected chi connectivity index (χ4v) is 3.99. The lowest BCUT2D eigenvalue weighted by atomic mass is 9.89. The molecule has 1 aromatic carbocycles. The summed E-state index contributed by atoms with van der Waals surface area (Å²) in [5.74, 6) is 0.540. The molecule has 0 amide bonds. The normalized spacial score (nSPS) is 15.3. The maximum absolute atomic E-state index is 12.4. The third-order valence-electron chi connectivity index (χ3n) is 5.50. The number of imidazole rings is 1. The van der Waals surface area contributed by atoms with Gasteiger partial charge in [0.25, 0.3) is 0 Å². The van der Waals surface area contributed by atoms with E-state index in [1.54, 1.807) is 27.8 Å². The highest BCUT2D eigenvalue weighted by molar-refractivity contribution is 5.71. The smallest absolute Gasteiger partial charge is 0.289 e. The molecule has 1 aliphatic carbocycles. The lowest BCUT2D eigenvalue weighted by molar-refractivity contribution is 0.319. The SMILES string of the molecule is O=c1[nH]c2ncc(-c3ccc(-n4ccnn4)cc3)nc2n1CC1CCCCC1. The summed E-state index contributed by atoms with van der Waals surface area (Å²) in [7, 11) is 0. The Bertz CT molecular complexity index is 1140. The molecule has 4 aromatic rings. The average Bonchev–Trinajstić information content (AvgIpc) is 3.38. The van der Waals surface area contributed by atoms with Crippen LogP contribution in [-0.4, -0.2) is 34.5 Å². The van der Waals surface area contributed by atoms with Gasteiger partial charge in [0.15, 0.2) is 11.3 Å². The van der Waals surface area contributed by atoms with Crippen LogP contribution in [0.15, 0.2) is 47.7 Å². The minimum atomic E-state index is -0.126. The maximum atomic E-state index is 12.4. The van der Waals surface area contributed by atoms with Gasteiger partial charge in [0.05, 0.1) is 30.0 Å². The van der Waals surface area contributed by atoms with Gasteiger partial charge in [0.2, 0.25) is 0 Å². The molecule has 142 valence electrons. The minimum absolute atomic E-state index is 0.126. The van der Waals surface area contributed by atoms with Crippen molar-refractivity contribution in [3.05, 3.63) is 53.3 Å². The minimum Gasteiger partial charge on any atom is -0.289 e. The summed E-state index contributed by atoms with van der Waals surface area (Å²) in [4.78, 5) is 24.5. The molecule has 0 bridgehead atoms. The molecule has 0 atom stereocenters. The van der Waals surface area contributed by atoms with Crippen LogP contribution in [0.4, 0.5) is 0 Å². The van der Waals surface area contributed by atoms with E-state index in [0.717, 1.165) is 16.9 Å². The number of fused-ring (bicyclic) bond motifs is 1. The Morgan fingerprint density at radius 3 is 2.68 bits per heavy atom. The zero-order valence-electron chi connectivity index (χ0n) is 15.5. The summed E-state index contributed by atoms with van der Waals surface area (Å²) in [6.07, 6.45) is 11.3. The number of nitrogens with zero attached hydrogens (tertiary/aromatic N) is 6. The van der Waals surface area contributed by atoms with Crippen molar-refractivity contribution in [1.82, 2.24) is 34.5 Å². The van der Waals surface area contributed by atoms with Crippen LogP contribution < -0.4 is 5.69 Å². The third-order valence-corrected chi connectivity index (χ3v) is 5.50. The van der Waals surface area contributed by atoms with E-state index in [1.165, 1.54) is 32.1 Å². The van der Waals surface area contributed by atoms with Crippen LogP contribution >= 0.6 is 0 Å². The van der Waals surface area contributed by atoms with E-state index >= 15 is 0 Å². The summed E-state index contributed by atoms with van der Waals surface area (Å²) in [6, 6.07) is 7.87. The van der Waals surface area contributed by atoms with E-state index < -0.39 is 0 Å². The average molecular weight is 375 g/mol. The first-order valence-corrected chi connectivity index (χ1v) is 9.70. The van der Waals surface area contributed by atoms with E-state index in [2.05, 4.69) is 20.3 Å². The Balaban J connectivity index is 1.48. The van der Waals surface area contributed by atoms with Gasteiger partial charge in [-0.05, 0) is 30.9 Å². The standard InChI is InChI=1S/C20H21N7O/c28-20-24-18-19(26(20)13-14-4-2-1-3-5-14)23-17(12-21-18)15-6-8-16(9-7-15)27-11-10-22-25-27/h6-12,14H,1-5,13H2,(H,21,24,28). The molecule has 0 spiro atoms. The number of rotatable bonds is 4. The second-order valence-electron chi connectivity index (χ2n) is 7.37. The highest BCUT2D eigenvalue weighted by Crippen LogP contribution is 2.26. The lowest BCUT2D eigenvalue weighted by Gasteiger charge is -2.21. The molecule has 0 radical (unpaired) electrons. The molecular formula is C20H21N7O. The molecular weight excluding hydrogens is 354 g/mol. The van der Waals surface area contributed by atoms with Gasteiger partial charge in [-0.2, -0.15) is 0 Å². The van der Waals surface area contributed by atoms with Gasteiger partial charge < -0.3 is 0 Å². The first kappa shape index (κ1) is 16.9. The van der Waals surface area contributed by atoms with Crippen LogP contribution in [0.1, 0.15) is 32.1 Å². The van der Waals surface area contributed by atoms with E-state index in [0.29, 0.717) is 23.8 Å². The van der Waals surface area contributed by atoms with Crippen LogP contribution in [0.25, 0.3) is 28.2 Å². The summed E-state index contributed by atoms with van der Waals surface area (Å²) in [5, 5.41) is 7.82. The van der Waals surface area contributed by atoms with E-state index in [1.807, 2.05) is 24.3 Å². The second-order valence-corrected chi connectivity index (χ2v) is 7.37. The number of hydrogen-bond donors (Lipinski definition) is 1. The van der Waals surface area contributed by atoms with Crippen molar-refractivity contribution in [2.24, 2.45) is 5.92 Å². The predicted molar refractivity (Wildman–Crippen MR) is 105 cm³/mol. The number of aromatic nitrogens is 7. The molecule has 0 unspecified atom stereocenters. The summed E-state index contributed by atoms with van der Waals surface area (Å²) >= 11 is 0. The van der Waals surface area contributed by atoms with Crippen molar-refractivity contribution in [1.29, 1.82) is 0 Å². The zero-order valence-corrected chi connectivity index (χ0v) is 15.5. The Morgan fingerprint density at radius 1 is 1.11 bits per heavy atom. The molecule has 1 aliphatic rings. The van der Waals surface area contributed by atoms with E-state index in [-0.39, 0.29) is 5.69 Å². The molecule has 1 fully saturated rings. The summed E-state index contributed by atoms with van der Waals surface area (Å²) in [5.41, 5.74) is 3.66. The van der Waals surface area contributed by atoms with Gasteiger partial charge >= 0.3 is 5.69 Å². The number of hydrogen-bond acceptors (Lipinski definition) is 5. The Kier molecular flexibility index (Phi) is 4.23. The Labute approximate surface area is 161 Å². The van der Waals surface area contributed by atoms with Crippen molar-refractivity contribution >= 4 is 11.3 Å². The van der Waals surface area contributed by atoms with E-state index in [4.69, 9.17) is 4.98 Å². The highest BCUT2D eigenvalue weighted by Gasteiger charge is 2.18. The largest absolute Gasteiger partial charge is 0.328 e. The quantitative estimate of drug-likeness (QED) is 0.592. The number of benzene rings is 1. The van der Waals surface area contributed by atoms with Crippen molar-refractivity contribution in [3.8, 4) is 16.9 Å². The molecule has 0 aliphatic heterocycles. The summed E-state index contributed by atoms with van der Waals surface area (Å²) < 4.78 is 3.46. The van der Waals surface area contributed by atoms with Gasteiger partial charge in [-0.15, -0.1) is 5.10 Å². The maximum Gasteiger partial charge on any atom is 0.328 e. The van der Waals surface area contributed by atoms with Crippen LogP contribution in [0, 0.1) is 5.92 Å². The number of aromatic amines is 1. The van der Waals surface area contributed by atoms with Gasteiger partial charge in [0.1, 0.15) is 0 Å². The molecule has 8 nitrogen and oxygen atoms in total. The van der Waals surface area contributed by atoms with Gasteiger partial charge in [0, 0.05) is 12.1 Å². The number of H-pyrrole nitrogens is 1. The third kappa shape index (κ3) is 3.11. The van der Waals surface area contributed by atoms with Crippen LogP contribution in [-0.2, 0) is 6.54 Å². The van der Waals surface area contributed by atoms with Crippen molar-refractivity contribution in [3.63, 3.8) is 0 Å². The first-order chi connectivity index (χ1) is 13.8. The molecule has 1 N–H and O–H groups in total. The van der Waals surface area contributed by atoms with Crippen molar-refractivity contribution < 1.29 is 0 Å². The Hall–Kier alpha value is -3.29. The monoisotopic (exact) mass is 375 g/mol. The lowest BCUT2D eigenvalue weighted by Crippen LogP contribution is -2.23. The fraction of sp³-hybridized carbons (Fsp3) is 0.350. The molecule has 28 heavy (non-hydrogen) atoms. The molecule has 1 saturated carbocycles. The molecule has 8 heteroatoms. The Morgan fingerprint density at radius 2 is 1.93 bits per heavy atom. The summed E-state index contributed by atoms with van der Waals surface area (Å²) in [6.45, 7) is 0.711. The fourth-order valence-electron chi connectivity index (χ4n) is 3.99. The molecule has 3 heterocycles. The van der Waals surface area contributed by atoms with Crippen LogP contribution in [0.5, 0.6) is 0 Å². The number of nitrogens with one attached hydrogen (secondary N) is 1. The highest BCUT2D eigenvalue weighted by atomic mass is 16.1. The molecule has 3 aromatic heterocycles. The van der Waals surface area contributed by atoms with Crippen LogP contribution in [0.3, 0.4) is 0 Å². The predicted octanol–water partition coefficient (Wildman–Crippen LogP) is 2.95. The molecule has 0 saturated heterocycles. The van der Waals surface area contributed by atoms with Gasteiger partial charge in [-0.3, -0.25) is 9.55 Å². The van der Waals surface area contributed by atoms with Crippen molar-refractivity contribution in [2.75, 3.05) is 0 Å². The molecule has 5 rings (SSSR count). The van der Waals surface area contributed by atoms with E-state index in [9.17, 15) is 4.79 Å². The van der Waals surface area contributed by atoms with Gasteiger partial charge in [-0.1, -0.05) is 36.6 Å². The van der Waals surface area contributed by atoms with Crippen LogP contribution in [0.2, 0.25) is 0 Å². The van der Waals surface area contributed by atoms with Gasteiger partial charge in [-0.25, -0.2) is 19.4 Å². The topological polar surface area (TPSA) is 94.3 Å². The van der Waals surface area contributed by atoms with Crippen molar-refractivity contribution in [2.45, 2.75) is 38.6 Å². The zero-order chi connectivity index (χ0) is 18.9. The second kappa shape index (κ2) is 7.03. The first-order valence-electron chi connectivity index (χ1n) is 9.70.